The third kappa shape index (κ3) is 6.36. The Kier molecular flexibility index (Phi) is 8.41. The van der Waals surface area contributed by atoms with Crippen LogP contribution in [0.1, 0.15) is 39.6 Å². The number of hydrogen-bond acceptors (Lipinski definition) is 7. The number of nitrogens with one attached hydrogen (secondary N) is 3. The van der Waals surface area contributed by atoms with Gasteiger partial charge in [-0.15, -0.1) is 11.3 Å². The van der Waals surface area contributed by atoms with Crippen LogP contribution in [0.25, 0.3) is 0 Å². The molecule has 204 valence electrons. The van der Waals surface area contributed by atoms with Gasteiger partial charge in [0, 0.05) is 56.5 Å². The third-order valence-corrected chi connectivity index (χ3v) is 7.96. The van der Waals surface area contributed by atoms with Gasteiger partial charge in [-0.1, -0.05) is 6.58 Å². The van der Waals surface area contributed by atoms with Crippen LogP contribution >= 0.6 is 11.3 Å². The monoisotopic (exact) mass is 546 g/mol. The van der Waals surface area contributed by atoms with Crippen LogP contribution < -0.4 is 16.0 Å². The Bertz CT molecular complexity index is 1250. The summed E-state index contributed by atoms with van der Waals surface area (Å²) in [5.41, 5.74) is 0.710. The fourth-order valence-corrected chi connectivity index (χ4v) is 5.90. The van der Waals surface area contributed by atoms with E-state index in [1.165, 1.54) is 22.3 Å². The Morgan fingerprint density at radius 2 is 1.92 bits per heavy atom. The summed E-state index contributed by atoms with van der Waals surface area (Å²) in [7, 11) is 5.39. The Labute approximate surface area is 224 Å². The number of likely N-dealkylation sites (N-methyl/N-ethyl adjacent to an activating group) is 1. The maximum absolute atomic E-state index is 14.0. The lowest BCUT2D eigenvalue weighted by atomic mass is 9.81. The Morgan fingerprint density at radius 3 is 2.63 bits per heavy atom. The van der Waals surface area contributed by atoms with Gasteiger partial charge in [0.05, 0.1) is 23.1 Å². The molecule has 3 N–H and O–H groups in total. The zero-order chi connectivity index (χ0) is 27.6. The number of rotatable bonds is 7. The molecule has 12 heteroatoms. The smallest absolute Gasteiger partial charge is 0.280 e. The van der Waals surface area contributed by atoms with Crippen LogP contribution in [0.5, 0.6) is 0 Å². The quantitative estimate of drug-likeness (QED) is 0.461. The lowest BCUT2D eigenvalue weighted by Crippen LogP contribution is -2.56. The van der Waals surface area contributed by atoms with Gasteiger partial charge in [0.25, 0.3) is 11.8 Å². The van der Waals surface area contributed by atoms with Crippen LogP contribution in [0.15, 0.2) is 30.5 Å². The van der Waals surface area contributed by atoms with Crippen molar-refractivity contribution in [3.8, 4) is 0 Å². The summed E-state index contributed by atoms with van der Waals surface area (Å²) < 4.78 is 27.2. The largest absolute Gasteiger partial charge is 0.349 e. The van der Waals surface area contributed by atoms with E-state index in [1.807, 2.05) is 7.05 Å². The molecule has 38 heavy (non-hydrogen) atoms. The first-order valence-corrected chi connectivity index (χ1v) is 13.2. The normalized spacial score (nSPS) is 21.2. The van der Waals surface area contributed by atoms with Gasteiger partial charge in [-0.2, -0.15) is 0 Å². The van der Waals surface area contributed by atoms with E-state index in [1.54, 1.807) is 14.1 Å². The van der Waals surface area contributed by atoms with E-state index < -0.39 is 29.6 Å². The highest BCUT2D eigenvalue weighted by molar-refractivity contribution is 7.13. The number of amides is 3. The average molecular weight is 547 g/mol. The highest BCUT2D eigenvalue weighted by Crippen LogP contribution is 2.28. The Hall–Kier alpha value is -3.38. The van der Waals surface area contributed by atoms with Crippen LogP contribution in [0.4, 0.5) is 14.5 Å². The van der Waals surface area contributed by atoms with Crippen LogP contribution in [0.2, 0.25) is 0 Å². The minimum absolute atomic E-state index is 0.0420. The molecule has 1 saturated carbocycles. The van der Waals surface area contributed by atoms with Crippen molar-refractivity contribution in [1.29, 1.82) is 0 Å². The topological polar surface area (TPSA) is 107 Å². The van der Waals surface area contributed by atoms with Crippen molar-refractivity contribution in [3.05, 3.63) is 57.7 Å². The molecule has 2 aromatic rings. The first kappa shape index (κ1) is 27.6. The molecule has 1 fully saturated rings. The number of benzene rings is 1. The zero-order valence-corrected chi connectivity index (χ0v) is 22.5. The fourth-order valence-electron chi connectivity index (χ4n) is 4.81. The summed E-state index contributed by atoms with van der Waals surface area (Å²) in [6.07, 6.45) is 2.09. The molecule has 2 aliphatic rings. The predicted molar refractivity (Wildman–Crippen MR) is 140 cm³/mol. The van der Waals surface area contributed by atoms with Gasteiger partial charge in [0.1, 0.15) is 11.6 Å². The number of carbonyl (C=O) groups excluding carboxylic acids is 3. The van der Waals surface area contributed by atoms with Crippen molar-refractivity contribution in [2.75, 3.05) is 33.0 Å². The van der Waals surface area contributed by atoms with Crippen molar-refractivity contribution in [2.24, 2.45) is 5.92 Å². The molecule has 0 radical (unpaired) electrons. The van der Waals surface area contributed by atoms with E-state index in [2.05, 4.69) is 32.4 Å². The molecule has 9 nitrogen and oxygen atoms in total. The fraction of sp³-hybridized carbons (Fsp3) is 0.462. The average Bonchev–Trinajstić information content (AvgIpc) is 3.29. The van der Waals surface area contributed by atoms with Crippen molar-refractivity contribution in [3.63, 3.8) is 0 Å². The molecule has 3 amide bonds. The number of nitrogens with zero attached hydrogens (tertiary/aromatic N) is 3. The lowest BCUT2D eigenvalue weighted by molar-refractivity contribution is -0.134. The molecule has 1 aromatic carbocycles. The van der Waals surface area contributed by atoms with Crippen molar-refractivity contribution in [2.45, 2.75) is 44.3 Å². The number of halogens is 2. The maximum Gasteiger partial charge on any atom is 0.280 e. The molecule has 0 bridgehead atoms. The van der Waals surface area contributed by atoms with Crippen molar-refractivity contribution < 1.29 is 23.2 Å². The van der Waals surface area contributed by atoms with Crippen LogP contribution in [0, 0.1) is 17.6 Å². The highest BCUT2D eigenvalue weighted by Gasteiger charge is 2.37. The van der Waals surface area contributed by atoms with E-state index in [4.69, 9.17) is 0 Å². The molecule has 0 spiro atoms. The summed E-state index contributed by atoms with van der Waals surface area (Å²) in [5.74, 6) is -2.89. The van der Waals surface area contributed by atoms with Gasteiger partial charge in [-0.05, 0) is 38.4 Å². The van der Waals surface area contributed by atoms with Crippen LogP contribution in [-0.2, 0) is 22.6 Å². The first-order valence-electron chi connectivity index (χ1n) is 12.4. The van der Waals surface area contributed by atoms with Gasteiger partial charge in [-0.25, -0.2) is 13.8 Å². The number of aromatic nitrogens is 1. The minimum atomic E-state index is -0.857. The van der Waals surface area contributed by atoms with E-state index in [9.17, 15) is 23.2 Å². The molecule has 3 atom stereocenters. The molecule has 0 unspecified atom stereocenters. The lowest BCUT2D eigenvalue weighted by Gasteiger charge is -2.37. The summed E-state index contributed by atoms with van der Waals surface area (Å²) >= 11 is 1.36. The van der Waals surface area contributed by atoms with E-state index in [0.717, 1.165) is 36.1 Å². The number of carbonyl (C=O) groups is 3. The maximum atomic E-state index is 14.0. The first-order chi connectivity index (χ1) is 18.0. The zero-order valence-electron chi connectivity index (χ0n) is 21.6. The van der Waals surface area contributed by atoms with Crippen molar-refractivity contribution >= 4 is 34.7 Å². The number of fused-ring (bicyclic) bond motifs is 1. The van der Waals surface area contributed by atoms with Crippen molar-refractivity contribution in [1.82, 2.24) is 25.4 Å². The summed E-state index contributed by atoms with van der Waals surface area (Å²) in [6, 6.07) is 1.93. The van der Waals surface area contributed by atoms with Gasteiger partial charge >= 0.3 is 0 Å². The molecule has 0 saturated heterocycles. The summed E-state index contributed by atoms with van der Waals surface area (Å²) in [6.45, 7) is 5.30. The predicted octanol–water partition coefficient (Wildman–Crippen LogP) is 2.51. The van der Waals surface area contributed by atoms with Crippen LogP contribution in [-0.4, -0.2) is 72.3 Å². The number of thiazole rings is 1. The SMILES string of the molecule is C=C(Nc1ccc(F)cc1F)C(=O)N[C@H]1CC[C@H](C(=O)N(C)C)C[C@H]1NC(=O)c1nc2c(s1)CN(C)CC2. The molecular formula is C26H32F2N6O3S. The minimum Gasteiger partial charge on any atom is -0.349 e. The molecule has 1 aromatic heterocycles. The molecule has 1 aliphatic heterocycles. The Balaban J connectivity index is 1.46. The number of anilines is 1. The summed E-state index contributed by atoms with van der Waals surface area (Å²) in [5, 5.41) is 8.78. The van der Waals surface area contributed by atoms with Gasteiger partial charge in [-0.3, -0.25) is 14.4 Å². The van der Waals surface area contributed by atoms with E-state index >= 15 is 0 Å². The molecular weight excluding hydrogens is 514 g/mol. The van der Waals surface area contributed by atoms with E-state index in [0.29, 0.717) is 30.3 Å². The van der Waals surface area contributed by atoms with Crippen LogP contribution in [0.3, 0.4) is 0 Å². The second-order valence-corrected chi connectivity index (χ2v) is 11.1. The Morgan fingerprint density at radius 1 is 1.16 bits per heavy atom. The molecule has 4 rings (SSSR count). The molecule has 2 heterocycles. The van der Waals surface area contributed by atoms with Gasteiger partial charge in [0.15, 0.2) is 5.01 Å². The molecule has 1 aliphatic carbocycles. The number of hydrogen-bond donors (Lipinski definition) is 3. The summed E-state index contributed by atoms with van der Waals surface area (Å²) in [4.78, 5) is 48.1. The highest BCUT2D eigenvalue weighted by atomic mass is 32.1. The third-order valence-electron chi connectivity index (χ3n) is 6.88. The van der Waals surface area contributed by atoms with Gasteiger partial charge in [0.2, 0.25) is 5.91 Å². The second-order valence-electron chi connectivity index (χ2n) is 10.0. The standard InChI is InChI=1S/C26H32F2N6O3S/c1-14(29-18-8-6-16(27)12-17(18)28)23(35)30-19-7-5-15(26(37)33(2)3)11-21(19)31-24(36)25-32-20-9-10-34(4)13-22(20)38-25/h6,8,12,15,19,21,29H,1,5,7,9-11,13H2,2-4H3,(H,30,35)(H,31,36)/t15-,19-,21+/m0/s1. The van der Waals surface area contributed by atoms with E-state index in [-0.39, 0.29) is 29.1 Å². The second kappa shape index (κ2) is 11.6. The van der Waals surface area contributed by atoms with Gasteiger partial charge < -0.3 is 25.8 Å².